The second-order valence-corrected chi connectivity index (χ2v) is 7.65. The van der Waals surface area contributed by atoms with Crippen molar-refractivity contribution in [1.29, 1.82) is 0 Å². The quantitative estimate of drug-likeness (QED) is 0.551. The summed E-state index contributed by atoms with van der Waals surface area (Å²) in [4.78, 5) is 42.7. The van der Waals surface area contributed by atoms with Crippen molar-refractivity contribution >= 4 is 23.4 Å². The van der Waals surface area contributed by atoms with Crippen molar-refractivity contribution in [3.8, 4) is 5.75 Å². The highest BCUT2D eigenvalue weighted by Crippen LogP contribution is 2.32. The Kier molecular flexibility index (Phi) is 6.03. The molecule has 0 bridgehead atoms. The lowest BCUT2D eigenvalue weighted by atomic mass is 10.0. The number of ether oxygens (including phenoxy) is 1. The smallest absolute Gasteiger partial charge is 0.257 e. The molecular formula is C26H24N2O4. The Bertz CT molecular complexity index is 1130. The van der Waals surface area contributed by atoms with Gasteiger partial charge in [0, 0.05) is 5.56 Å². The number of methoxy groups -OCH3 is 1. The number of benzene rings is 3. The van der Waals surface area contributed by atoms with Gasteiger partial charge < -0.3 is 9.64 Å². The van der Waals surface area contributed by atoms with Gasteiger partial charge in [0.2, 0.25) is 5.91 Å². The van der Waals surface area contributed by atoms with Gasteiger partial charge in [-0.05, 0) is 42.8 Å². The molecule has 3 aromatic rings. The number of hydrogen-bond donors (Lipinski definition) is 0. The van der Waals surface area contributed by atoms with Gasteiger partial charge >= 0.3 is 0 Å². The SMILES string of the molecule is COc1cccc(C(=O)N(C2CC(=O)N(c3ccccc3)C2=O)C(C)c2ccccc2)c1. The van der Waals surface area contributed by atoms with Crippen LogP contribution in [0.1, 0.15) is 35.3 Å². The molecule has 32 heavy (non-hydrogen) atoms. The first-order valence-corrected chi connectivity index (χ1v) is 10.4. The minimum absolute atomic E-state index is 0.0688. The van der Waals surface area contributed by atoms with E-state index >= 15 is 0 Å². The fraction of sp³-hybridized carbons (Fsp3) is 0.192. The van der Waals surface area contributed by atoms with Crippen molar-refractivity contribution in [3.63, 3.8) is 0 Å². The van der Waals surface area contributed by atoms with E-state index in [9.17, 15) is 14.4 Å². The highest BCUT2D eigenvalue weighted by molar-refractivity contribution is 6.23. The number of amides is 3. The highest BCUT2D eigenvalue weighted by Gasteiger charge is 2.46. The Balaban J connectivity index is 1.75. The fourth-order valence-corrected chi connectivity index (χ4v) is 4.07. The van der Waals surface area contributed by atoms with Crippen LogP contribution in [0.25, 0.3) is 0 Å². The van der Waals surface area contributed by atoms with Crippen LogP contribution >= 0.6 is 0 Å². The van der Waals surface area contributed by atoms with Crippen molar-refractivity contribution in [2.45, 2.75) is 25.4 Å². The van der Waals surface area contributed by atoms with Crippen LogP contribution in [-0.4, -0.2) is 35.8 Å². The van der Waals surface area contributed by atoms with Gasteiger partial charge in [0.25, 0.3) is 11.8 Å². The van der Waals surface area contributed by atoms with Crippen LogP contribution in [0.15, 0.2) is 84.9 Å². The van der Waals surface area contributed by atoms with Crippen LogP contribution in [0.3, 0.4) is 0 Å². The Morgan fingerprint density at radius 3 is 2.28 bits per heavy atom. The first-order valence-electron chi connectivity index (χ1n) is 10.4. The van der Waals surface area contributed by atoms with E-state index in [1.165, 1.54) is 16.9 Å². The summed E-state index contributed by atoms with van der Waals surface area (Å²) in [5.41, 5.74) is 1.78. The monoisotopic (exact) mass is 428 g/mol. The lowest BCUT2D eigenvalue weighted by Crippen LogP contribution is -2.46. The summed E-state index contributed by atoms with van der Waals surface area (Å²) in [6.45, 7) is 1.87. The van der Waals surface area contributed by atoms with Gasteiger partial charge in [-0.2, -0.15) is 0 Å². The number of para-hydroxylation sites is 1. The predicted octanol–water partition coefficient (Wildman–Crippen LogP) is 4.23. The molecule has 162 valence electrons. The Labute approximate surface area is 187 Å². The number of carbonyl (C=O) groups excluding carboxylic acids is 3. The fourth-order valence-electron chi connectivity index (χ4n) is 4.07. The average Bonchev–Trinajstić information content (AvgIpc) is 3.13. The van der Waals surface area contributed by atoms with E-state index in [-0.39, 0.29) is 18.2 Å². The van der Waals surface area contributed by atoms with E-state index in [2.05, 4.69) is 0 Å². The second-order valence-electron chi connectivity index (χ2n) is 7.65. The molecule has 0 aliphatic carbocycles. The minimum atomic E-state index is -0.906. The van der Waals surface area contributed by atoms with Crippen LogP contribution in [0.2, 0.25) is 0 Å². The van der Waals surface area contributed by atoms with Crippen molar-refractivity contribution in [2.24, 2.45) is 0 Å². The van der Waals surface area contributed by atoms with Gasteiger partial charge in [0.15, 0.2) is 0 Å². The number of hydrogen-bond acceptors (Lipinski definition) is 4. The minimum Gasteiger partial charge on any atom is -0.497 e. The standard InChI is InChI=1S/C26H24N2O4/c1-18(19-10-5-3-6-11-19)27(25(30)20-12-9-15-22(16-20)32-2)23-17-24(29)28(26(23)31)21-13-7-4-8-14-21/h3-16,18,23H,17H2,1-2H3. The number of imide groups is 1. The molecule has 3 aromatic carbocycles. The molecule has 0 N–H and O–H groups in total. The van der Waals surface area contributed by atoms with E-state index in [4.69, 9.17) is 4.74 Å². The zero-order valence-corrected chi connectivity index (χ0v) is 18.0. The number of carbonyl (C=O) groups is 3. The molecule has 1 fully saturated rings. The van der Waals surface area contributed by atoms with E-state index in [0.717, 1.165) is 5.56 Å². The molecule has 6 nitrogen and oxygen atoms in total. The molecule has 2 unspecified atom stereocenters. The van der Waals surface area contributed by atoms with Gasteiger partial charge in [-0.1, -0.05) is 54.6 Å². The van der Waals surface area contributed by atoms with E-state index in [1.54, 1.807) is 48.5 Å². The first-order chi connectivity index (χ1) is 15.5. The summed E-state index contributed by atoms with van der Waals surface area (Å²) >= 11 is 0. The number of rotatable bonds is 6. The molecule has 0 saturated carbocycles. The Morgan fingerprint density at radius 1 is 0.969 bits per heavy atom. The zero-order valence-electron chi connectivity index (χ0n) is 18.0. The molecule has 0 aromatic heterocycles. The molecule has 1 heterocycles. The summed E-state index contributed by atoms with van der Waals surface area (Å²) in [5, 5.41) is 0. The van der Waals surface area contributed by atoms with Gasteiger partial charge in [0.1, 0.15) is 11.8 Å². The first kappa shape index (κ1) is 21.3. The molecular weight excluding hydrogens is 404 g/mol. The van der Waals surface area contributed by atoms with Crippen molar-refractivity contribution in [3.05, 3.63) is 96.1 Å². The maximum Gasteiger partial charge on any atom is 0.257 e. The lowest BCUT2D eigenvalue weighted by Gasteiger charge is -2.33. The van der Waals surface area contributed by atoms with E-state index in [0.29, 0.717) is 17.0 Å². The lowest BCUT2D eigenvalue weighted by molar-refractivity contribution is -0.122. The van der Waals surface area contributed by atoms with Gasteiger partial charge in [-0.3, -0.25) is 14.4 Å². The molecule has 1 aliphatic heterocycles. The molecule has 0 radical (unpaired) electrons. The molecule has 1 saturated heterocycles. The van der Waals surface area contributed by atoms with Gasteiger partial charge in [-0.15, -0.1) is 0 Å². The molecule has 0 spiro atoms. The third-order valence-corrected chi connectivity index (χ3v) is 5.72. The van der Waals surface area contributed by atoms with E-state index in [1.807, 2.05) is 43.3 Å². The maximum absolute atomic E-state index is 13.7. The van der Waals surface area contributed by atoms with Gasteiger partial charge in [-0.25, -0.2) is 4.90 Å². The van der Waals surface area contributed by atoms with Crippen molar-refractivity contribution in [1.82, 2.24) is 4.90 Å². The number of anilines is 1. The molecule has 3 amide bonds. The van der Waals surface area contributed by atoms with Gasteiger partial charge in [0.05, 0.1) is 25.3 Å². The van der Waals surface area contributed by atoms with Crippen LogP contribution < -0.4 is 9.64 Å². The van der Waals surface area contributed by atoms with Crippen LogP contribution in [0, 0.1) is 0 Å². The molecule has 4 rings (SSSR count). The highest BCUT2D eigenvalue weighted by atomic mass is 16.5. The summed E-state index contributed by atoms with van der Waals surface area (Å²) in [6.07, 6.45) is -0.0688. The molecule has 2 atom stereocenters. The summed E-state index contributed by atoms with van der Waals surface area (Å²) in [5.74, 6) is -0.514. The second kappa shape index (κ2) is 9.06. The summed E-state index contributed by atoms with van der Waals surface area (Å²) < 4.78 is 5.27. The van der Waals surface area contributed by atoms with Crippen LogP contribution in [0.5, 0.6) is 5.75 Å². The average molecular weight is 428 g/mol. The topological polar surface area (TPSA) is 66.9 Å². The largest absolute Gasteiger partial charge is 0.497 e. The Hall–Kier alpha value is -3.93. The zero-order chi connectivity index (χ0) is 22.7. The van der Waals surface area contributed by atoms with Crippen molar-refractivity contribution in [2.75, 3.05) is 12.0 Å². The third-order valence-electron chi connectivity index (χ3n) is 5.72. The predicted molar refractivity (Wildman–Crippen MR) is 121 cm³/mol. The summed E-state index contributed by atoms with van der Waals surface area (Å²) in [7, 11) is 1.53. The molecule has 1 aliphatic rings. The third kappa shape index (κ3) is 3.99. The molecule has 6 heteroatoms. The summed E-state index contributed by atoms with van der Waals surface area (Å²) in [6, 6.07) is 23.8. The van der Waals surface area contributed by atoms with Crippen molar-refractivity contribution < 1.29 is 19.1 Å². The number of nitrogens with zero attached hydrogens (tertiary/aromatic N) is 2. The van der Waals surface area contributed by atoms with E-state index < -0.39 is 18.0 Å². The van der Waals surface area contributed by atoms with Crippen LogP contribution in [-0.2, 0) is 9.59 Å². The van der Waals surface area contributed by atoms with Crippen LogP contribution in [0.4, 0.5) is 5.69 Å². The Morgan fingerprint density at radius 2 is 1.62 bits per heavy atom. The normalized spacial score (nSPS) is 16.7. The maximum atomic E-state index is 13.7.